The zero-order chi connectivity index (χ0) is 21.4. The second kappa shape index (κ2) is 8.32. The molecule has 3 aliphatic heterocycles. The number of ether oxygens (including phenoxy) is 2. The van der Waals surface area contributed by atoms with E-state index < -0.39 is 0 Å². The lowest BCUT2D eigenvalue weighted by atomic mass is 10.1. The van der Waals surface area contributed by atoms with Gasteiger partial charge in [-0.2, -0.15) is 0 Å². The second-order valence-corrected chi connectivity index (χ2v) is 8.62. The van der Waals surface area contributed by atoms with Crippen molar-refractivity contribution in [3.8, 4) is 11.5 Å². The van der Waals surface area contributed by atoms with Crippen LogP contribution >= 0.6 is 0 Å². The highest BCUT2D eigenvalue weighted by Crippen LogP contribution is 2.32. The van der Waals surface area contributed by atoms with E-state index in [0.29, 0.717) is 18.9 Å². The number of quaternary nitrogens is 2. The van der Waals surface area contributed by atoms with Crippen molar-refractivity contribution in [2.45, 2.75) is 32.4 Å². The third kappa shape index (κ3) is 3.91. The number of imide groups is 1. The molecule has 2 N–H and O–H groups in total. The summed E-state index contributed by atoms with van der Waals surface area (Å²) < 4.78 is 10.9. The van der Waals surface area contributed by atoms with Gasteiger partial charge in [0.25, 0.3) is 5.91 Å². The molecule has 0 unspecified atom stereocenters. The van der Waals surface area contributed by atoms with Crippen molar-refractivity contribution in [3.05, 3.63) is 53.6 Å². The maximum atomic E-state index is 13.1. The highest BCUT2D eigenvalue weighted by molar-refractivity contribution is 6.21. The van der Waals surface area contributed by atoms with E-state index in [2.05, 4.69) is 19.1 Å². The van der Waals surface area contributed by atoms with Gasteiger partial charge < -0.3 is 19.3 Å². The number of anilines is 1. The molecule has 7 nitrogen and oxygen atoms in total. The minimum absolute atomic E-state index is 0.0523. The molecule has 2 aromatic rings. The zero-order valence-corrected chi connectivity index (χ0v) is 17.9. The van der Waals surface area contributed by atoms with Crippen LogP contribution in [0.5, 0.6) is 11.5 Å². The average molecular weight is 424 g/mol. The van der Waals surface area contributed by atoms with Crippen LogP contribution in [-0.2, 0) is 22.6 Å². The van der Waals surface area contributed by atoms with Crippen molar-refractivity contribution >= 4 is 17.5 Å². The van der Waals surface area contributed by atoms with Crippen LogP contribution in [0, 0.1) is 0 Å². The van der Waals surface area contributed by atoms with E-state index in [1.54, 1.807) is 0 Å². The Balaban J connectivity index is 1.19. The Kier molecular flexibility index (Phi) is 5.38. The van der Waals surface area contributed by atoms with E-state index in [0.717, 1.165) is 50.6 Å². The van der Waals surface area contributed by atoms with Gasteiger partial charge in [0.15, 0.2) is 17.5 Å². The topological polar surface area (TPSA) is 64.7 Å². The van der Waals surface area contributed by atoms with E-state index in [-0.39, 0.29) is 17.9 Å². The van der Waals surface area contributed by atoms with Crippen LogP contribution in [0.25, 0.3) is 0 Å². The summed E-state index contributed by atoms with van der Waals surface area (Å²) in [4.78, 5) is 29.9. The van der Waals surface area contributed by atoms with Crippen LogP contribution in [0.15, 0.2) is 42.5 Å². The molecule has 0 saturated carbocycles. The molecule has 0 spiro atoms. The lowest BCUT2D eigenvalue weighted by Gasteiger charge is -2.32. The van der Waals surface area contributed by atoms with Gasteiger partial charge >= 0.3 is 0 Å². The van der Waals surface area contributed by atoms with Gasteiger partial charge in [-0.05, 0) is 42.3 Å². The first kappa shape index (κ1) is 20.0. The van der Waals surface area contributed by atoms with E-state index in [9.17, 15) is 9.59 Å². The monoisotopic (exact) mass is 423 g/mol. The van der Waals surface area contributed by atoms with Crippen LogP contribution in [0.2, 0.25) is 0 Å². The van der Waals surface area contributed by atoms with Gasteiger partial charge in [0.05, 0.1) is 12.1 Å². The number of fused-ring (bicyclic) bond motifs is 1. The molecule has 162 valence electrons. The molecule has 2 aromatic carbocycles. The summed E-state index contributed by atoms with van der Waals surface area (Å²) in [6.07, 6.45) is 1.25. The summed E-state index contributed by atoms with van der Waals surface area (Å²) in [6, 6.07) is 13.6. The molecule has 0 bridgehead atoms. The minimum atomic E-state index is -0.259. The average Bonchev–Trinajstić information content (AvgIpc) is 3.38. The number of piperazine rings is 1. The first-order chi connectivity index (χ1) is 15.1. The molecule has 3 heterocycles. The molecule has 0 radical (unpaired) electrons. The molecule has 0 aromatic heterocycles. The SMILES string of the molecule is CCc1ccc(N2C(=O)C[C@@H]([NH+]3CC[NH+](Cc4ccc5c(c4)OCO5)CC3)C2=O)cc1. The number of nitrogens with one attached hydrogen (secondary N) is 2. The molecule has 5 rings (SSSR count). The quantitative estimate of drug-likeness (QED) is 0.642. The van der Waals surface area contributed by atoms with Crippen LogP contribution in [0.1, 0.15) is 24.5 Å². The fourth-order valence-electron chi connectivity index (χ4n) is 4.89. The van der Waals surface area contributed by atoms with Gasteiger partial charge in [0.2, 0.25) is 12.7 Å². The summed E-state index contributed by atoms with van der Waals surface area (Å²) in [7, 11) is 0. The Morgan fingerprint density at radius 2 is 1.65 bits per heavy atom. The van der Waals surface area contributed by atoms with Crippen molar-refractivity contribution in [1.82, 2.24) is 0 Å². The number of nitrogens with zero attached hydrogens (tertiary/aromatic N) is 1. The van der Waals surface area contributed by atoms with E-state index in [1.165, 1.54) is 25.8 Å². The van der Waals surface area contributed by atoms with E-state index >= 15 is 0 Å². The number of hydrogen-bond acceptors (Lipinski definition) is 4. The zero-order valence-electron chi connectivity index (χ0n) is 17.9. The van der Waals surface area contributed by atoms with Crippen molar-refractivity contribution in [2.24, 2.45) is 0 Å². The van der Waals surface area contributed by atoms with E-state index in [1.807, 2.05) is 30.3 Å². The number of benzene rings is 2. The van der Waals surface area contributed by atoms with Crippen LogP contribution in [0.4, 0.5) is 5.69 Å². The standard InChI is InChI=1S/C24H27N3O4/c1-2-17-3-6-19(7-4-17)27-23(28)14-20(24(27)29)26-11-9-25(10-12-26)15-18-5-8-21-22(13-18)31-16-30-21/h3-8,13,20H,2,9-12,14-16H2,1H3/p+2/t20-/m1/s1. The lowest BCUT2D eigenvalue weighted by Crippen LogP contribution is -3.29. The minimum Gasteiger partial charge on any atom is -0.454 e. The van der Waals surface area contributed by atoms with Gasteiger partial charge in [-0.25, -0.2) is 4.90 Å². The molecule has 31 heavy (non-hydrogen) atoms. The van der Waals surface area contributed by atoms with Gasteiger partial charge in [-0.3, -0.25) is 9.59 Å². The van der Waals surface area contributed by atoms with Gasteiger partial charge in [0, 0.05) is 5.56 Å². The number of aryl methyl sites for hydroxylation is 1. The lowest BCUT2D eigenvalue weighted by molar-refractivity contribution is -1.02. The van der Waals surface area contributed by atoms with Gasteiger partial charge in [-0.15, -0.1) is 0 Å². The number of hydrogen-bond donors (Lipinski definition) is 2. The molecule has 0 aliphatic carbocycles. The van der Waals surface area contributed by atoms with Crippen LogP contribution in [-0.4, -0.2) is 50.8 Å². The first-order valence-corrected chi connectivity index (χ1v) is 11.1. The molecular weight excluding hydrogens is 394 g/mol. The maximum absolute atomic E-state index is 13.1. The van der Waals surface area contributed by atoms with Gasteiger partial charge in [0.1, 0.15) is 32.7 Å². The predicted octanol–water partition coefficient (Wildman–Crippen LogP) is -0.407. The summed E-state index contributed by atoms with van der Waals surface area (Å²) in [5.41, 5.74) is 3.13. The summed E-state index contributed by atoms with van der Waals surface area (Å²) >= 11 is 0. The van der Waals surface area contributed by atoms with Crippen LogP contribution in [0.3, 0.4) is 0 Å². The first-order valence-electron chi connectivity index (χ1n) is 11.1. The highest BCUT2D eigenvalue weighted by Gasteiger charge is 2.46. The Hall–Kier alpha value is -2.90. The van der Waals surface area contributed by atoms with Crippen molar-refractivity contribution in [1.29, 1.82) is 0 Å². The van der Waals surface area contributed by atoms with Crippen molar-refractivity contribution < 1.29 is 28.9 Å². The Bertz CT molecular complexity index is 983. The molecule has 2 fully saturated rings. The fourth-order valence-corrected chi connectivity index (χ4v) is 4.89. The second-order valence-electron chi connectivity index (χ2n) is 8.62. The van der Waals surface area contributed by atoms with E-state index in [4.69, 9.17) is 9.47 Å². The smallest absolute Gasteiger partial charge is 0.292 e. The maximum Gasteiger partial charge on any atom is 0.292 e. The van der Waals surface area contributed by atoms with Crippen molar-refractivity contribution in [2.75, 3.05) is 37.9 Å². The Morgan fingerprint density at radius 3 is 2.39 bits per heavy atom. The number of amides is 2. The molecule has 7 heteroatoms. The number of carbonyl (C=O) groups is 2. The molecule has 2 saturated heterocycles. The Labute approximate surface area is 182 Å². The van der Waals surface area contributed by atoms with Gasteiger partial charge in [-0.1, -0.05) is 19.1 Å². The van der Waals surface area contributed by atoms with Crippen LogP contribution < -0.4 is 24.2 Å². The van der Waals surface area contributed by atoms with Crippen molar-refractivity contribution in [3.63, 3.8) is 0 Å². The Morgan fingerprint density at radius 1 is 0.935 bits per heavy atom. The highest BCUT2D eigenvalue weighted by atomic mass is 16.7. The number of carbonyl (C=O) groups excluding carboxylic acids is 2. The molecule has 3 aliphatic rings. The predicted molar refractivity (Wildman–Crippen MR) is 114 cm³/mol. The molecular formula is C24H29N3O4+2. The fraction of sp³-hybridized carbons (Fsp3) is 0.417. The number of rotatable bonds is 5. The molecule has 2 amide bonds. The third-order valence-corrected chi connectivity index (χ3v) is 6.73. The molecule has 1 atom stereocenters. The normalized spacial score (nSPS) is 25.3. The summed E-state index contributed by atoms with van der Waals surface area (Å²) in [6.45, 7) is 7.06. The third-order valence-electron chi connectivity index (χ3n) is 6.73. The summed E-state index contributed by atoms with van der Waals surface area (Å²) in [5, 5.41) is 0. The largest absolute Gasteiger partial charge is 0.454 e. The summed E-state index contributed by atoms with van der Waals surface area (Å²) in [5.74, 6) is 1.50.